The Morgan fingerprint density at radius 2 is 2.00 bits per heavy atom. The number of carbonyl (C=O) groups excluding carboxylic acids is 1. The SMILES string of the molecule is CCCNC(Cc1ccccc1)C(=O)OCC. The number of nitrogens with one attached hydrogen (secondary N) is 1. The molecule has 1 unspecified atom stereocenters. The van der Waals surface area contributed by atoms with Gasteiger partial charge in [0.1, 0.15) is 6.04 Å². The number of rotatable bonds is 7. The fraction of sp³-hybridized carbons (Fsp3) is 0.500. The van der Waals surface area contributed by atoms with Crippen molar-refractivity contribution in [1.29, 1.82) is 0 Å². The molecule has 1 aromatic carbocycles. The summed E-state index contributed by atoms with van der Waals surface area (Å²) in [4.78, 5) is 11.8. The van der Waals surface area contributed by atoms with Crippen LogP contribution in [0.25, 0.3) is 0 Å². The van der Waals surface area contributed by atoms with E-state index in [0.29, 0.717) is 13.0 Å². The second-order valence-corrected chi connectivity index (χ2v) is 3.95. The van der Waals surface area contributed by atoms with Crippen molar-refractivity contribution in [2.45, 2.75) is 32.7 Å². The van der Waals surface area contributed by atoms with Gasteiger partial charge in [-0.05, 0) is 31.9 Å². The summed E-state index contributed by atoms with van der Waals surface area (Å²) in [5.41, 5.74) is 1.15. The van der Waals surface area contributed by atoms with Crippen LogP contribution in [0.15, 0.2) is 30.3 Å². The highest BCUT2D eigenvalue weighted by Gasteiger charge is 2.18. The van der Waals surface area contributed by atoms with Gasteiger partial charge in [-0.3, -0.25) is 4.79 Å². The van der Waals surface area contributed by atoms with E-state index in [0.717, 1.165) is 18.5 Å². The van der Waals surface area contributed by atoms with Gasteiger partial charge in [-0.15, -0.1) is 0 Å². The highest BCUT2D eigenvalue weighted by atomic mass is 16.5. The third kappa shape index (κ3) is 5.00. The zero-order valence-corrected chi connectivity index (χ0v) is 10.6. The fourth-order valence-electron chi connectivity index (χ4n) is 1.65. The predicted molar refractivity (Wildman–Crippen MR) is 68.9 cm³/mol. The summed E-state index contributed by atoms with van der Waals surface area (Å²) in [6, 6.07) is 9.76. The second-order valence-electron chi connectivity index (χ2n) is 3.95. The van der Waals surface area contributed by atoms with Gasteiger partial charge >= 0.3 is 5.97 Å². The molecule has 0 saturated carbocycles. The highest BCUT2D eigenvalue weighted by molar-refractivity contribution is 5.76. The lowest BCUT2D eigenvalue weighted by Crippen LogP contribution is -2.40. The first-order valence-electron chi connectivity index (χ1n) is 6.21. The number of carbonyl (C=O) groups is 1. The Bertz CT molecular complexity index is 324. The summed E-state index contributed by atoms with van der Waals surface area (Å²) in [6.45, 7) is 5.17. The molecule has 17 heavy (non-hydrogen) atoms. The lowest BCUT2D eigenvalue weighted by molar-refractivity contribution is -0.145. The van der Waals surface area contributed by atoms with Gasteiger partial charge in [-0.2, -0.15) is 0 Å². The quantitative estimate of drug-likeness (QED) is 0.736. The summed E-state index contributed by atoms with van der Waals surface area (Å²) in [5, 5.41) is 3.23. The number of benzene rings is 1. The summed E-state index contributed by atoms with van der Waals surface area (Å²) >= 11 is 0. The maximum atomic E-state index is 11.8. The van der Waals surface area contributed by atoms with E-state index in [9.17, 15) is 4.79 Å². The van der Waals surface area contributed by atoms with Crippen LogP contribution >= 0.6 is 0 Å². The monoisotopic (exact) mass is 235 g/mol. The van der Waals surface area contributed by atoms with Crippen LogP contribution in [0.3, 0.4) is 0 Å². The molecule has 0 saturated heterocycles. The van der Waals surface area contributed by atoms with E-state index in [1.54, 1.807) is 0 Å². The van der Waals surface area contributed by atoms with Gasteiger partial charge in [0.15, 0.2) is 0 Å². The highest BCUT2D eigenvalue weighted by Crippen LogP contribution is 2.04. The lowest BCUT2D eigenvalue weighted by Gasteiger charge is -2.16. The summed E-state index contributed by atoms with van der Waals surface area (Å²) in [6.07, 6.45) is 1.68. The van der Waals surface area contributed by atoms with Crippen LogP contribution in [0, 0.1) is 0 Å². The molecular weight excluding hydrogens is 214 g/mol. The van der Waals surface area contributed by atoms with E-state index in [1.165, 1.54) is 0 Å². The van der Waals surface area contributed by atoms with E-state index >= 15 is 0 Å². The topological polar surface area (TPSA) is 38.3 Å². The Labute approximate surface area is 103 Å². The molecule has 0 amide bonds. The largest absolute Gasteiger partial charge is 0.465 e. The third-order valence-electron chi connectivity index (χ3n) is 2.49. The van der Waals surface area contributed by atoms with Gasteiger partial charge in [-0.1, -0.05) is 37.3 Å². The van der Waals surface area contributed by atoms with Gasteiger partial charge < -0.3 is 10.1 Å². The zero-order valence-electron chi connectivity index (χ0n) is 10.6. The van der Waals surface area contributed by atoms with Crippen molar-refractivity contribution >= 4 is 5.97 Å². The minimum Gasteiger partial charge on any atom is -0.465 e. The smallest absolute Gasteiger partial charge is 0.323 e. The number of hydrogen-bond donors (Lipinski definition) is 1. The first-order chi connectivity index (χ1) is 8.27. The maximum absolute atomic E-state index is 11.8. The first-order valence-corrected chi connectivity index (χ1v) is 6.21. The maximum Gasteiger partial charge on any atom is 0.323 e. The van der Waals surface area contributed by atoms with Gasteiger partial charge in [0.2, 0.25) is 0 Å². The second kappa shape index (κ2) is 7.85. The lowest BCUT2D eigenvalue weighted by atomic mass is 10.1. The molecule has 0 aromatic heterocycles. The van der Waals surface area contributed by atoms with Crippen molar-refractivity contribution < 1.29 is 9.53 Å². The normalized spacial score (nSPS) is 12.1. The number of esters is 1. The van der Waals surface area contributed by atoms with Gasteiger partial charge in [0, 0.05) is 0 Å². The van der Waals surface area contributed by atoms with Gasteiger partial charge in [0.05, 0.1) is 6.61 Å². The average Bonchev–Trinajstić information content (AvgIpc) is 2.36. The van der Waals surface area contributed by atoms with Crippen molar-refractivity contribution in [3.05, 3.63) is 35.9 Å². The minimum atomic E-state index is -0.239. The molecule has 1 rings (SSSR count). The molecule has 94 valence electrons. The molecule has 3 heteroatoms. The Morgan fingerprint density at radius 3 is 2.59 bits per heavy atom. The minimum absolute atomic E-state index is 0.162. The average molecular weight is 235 g/mol. The van der Waals surface area contributed by atoms with Crippen molar-refractivity contribution in [2.24, 2.45) is 0 Å². The molecule has 0 aliphatic carbocycles. The van der Waals surface area contributed by atoms with E-state index in [4.69, 9.17) is 4.74 Å². The van der Waals surface area contributed by atoms with E-state index in [1.807, 2.05) is 37.3 Å². The van der Waals surface area contributed by atoms with Crippen LogP contribution in [0.2, 0.25) is 0 Å². The van der Waals surface area contributed by atoms with Crippen LogP contribution in [0.5, 0.6) is 0 Å². The molecule has 1 aromatic rings. The van der Waals surface area contributed by atoms with E-state index in [2.05, 4.69) is 12.2 Å². The Hall–Kier alpha value is -1.35. The third-order valence-corrected chi connectivity index (χ3v) is 2.49. The summed E-state index contributed by atoms with van der Waals surface area (Å²) < 4.78 is 5.07. The van der Waals surface area contributed by atoms with Crippen LogP contribution in [0.4, 0.5) is 0 Å². The molecule has 0 fully saturated rings. The van der Waals surface area contributed by atoms with Crippen molar-refractivity contribution in [3.63, 3.8) is 0 Å². The van der Waals surface area contributed by atoms with E-state index < -0.39 is 0 Å². The molecule has 0 aliphatic heterocycles. The summed E-state index contributed by atoms with van der Waals surface area (Å²) in [7, 11) is 0. The van der Waals surface area contributed by atoms with Gasteiger partial charge in [-0.25, -0.2) is 0 Å². The standard InChI is InChI=1S/C14H21NO2/c1-3-10-15-13(14(16)17-4-2)11-12-8-6-5-7-9-12/h5-9,13,15H,3-4,10-11H2,1-2H3. The molecule has 3 nitrogen and oxygen atoms in total. The van der Waals surface area contributed by atoms with Crippen molar-refractivity contribution in [3.8, 4) is 0 Å². The van der Waals surface area contributed by atoms with Gasteiger partial charge in [0.25, 0.3) is 0 Å². The Kier molecular flexibility index (Phi) is 6.33. The molecule has 0 radical (unpaired) electrons. The molecule has 0 spiro atoms. The predicted octanol–water partition coefficient (Wildman–Crippen LogP) is 2.16. The van der Waals surface area contributed by atoms with Crippen LogP contribution in [-0.2, 0) is 16.0 Å². The number of ether oxygens (including phenoxy) is 1. The fourth-order valence-corrected chi connectivity index (χ4v) is 1.65. The van der Waals surface area contributed by atoms with Crippen LogP contribution in [0.1, 0.15) is 25.8 Å². The molecule has 0 bridgehead atoms. The van der Waals surface area contributed by atoms with Crippen molar-refractivity contribution in [1.82, 2.24) is 5.32 Å². The van der Waals surface area contributed by atoms with Crippen molar-refractivity contribution in [2.75, 3.05) is 13.2 Å². The number of hydrogen-bond acceptors (Lipinski definition) is 3. The first kappa shape index (κ1) is 13.7. The van der Waals surface area contributed by atoms with Crippen LogP contribution in [-0.4, -0.2) is 25.2 Å². The van der Waals surface area contributed by atoms with E-state index in [-0.39, 0.29) is 12.0 Å². The Balaban J connectivity index is 2.59. The molecule has 0 aliphatic rings. The zero-order chi connectivity index (χ0) is 12.5. The summed E-state index contributed by atoms with van der Waals surface area (Å²) in [5.74, 6) is -0.162. The molecular formula is C14H21NO2. The molecule has 0 heterocycles. The van der Waals surface area contributed by atoms with Crippen LogP contribution < -0.4 is 5.32 Å². The molecule has 1 atom stereocenters. The Morgan fingerprint density at radius 1 is 1.29 bits per heavy atom. The molecule has 1 N–H and O–H groups in total.